The number of fused-ring (bicyclic) bond motifs is 1. The molecule has 2 amide bonds. The minimum atomic E-state index is -0.715. The van der Waals surface area contributed by atoms with E-state index in [1.165, 1.54) is 17.5 Å². The van der Waals surface area contributed by atoms with Gasteiger partial charge in [-0.05, 0) is 36.4 Å². The third kappa shape index (κ3) is 3.03. The van der Waals surface area contributed by atoms with Crippen molar-refractivity contribution in [3.8, 4) is 0 Å². The minimum absolute atomic E-state index is 0.187. The molecule has 2 N–H and O–H groups in total. The van der Waals surface area contributed by atoms with E-state index in [-0.39, 0.29) is 11.6 Å². The topological polar surface area (TPSA) is 75.5 Å². The molecule has 0 aliphatic rings. The van der Waals surface area contributed by atoms with Gasteiger partial charge < -0.3 is 10.6 Å². The zero-order valence-electron chi connectivity index (χ0n) is 12.2. The molecule has 0 atom stereocenters. The van der Waals surface area contributed by atoms with Gasteiger partial charge in [-0.1, -0.05) is 6.07 Å². The second-order valence-electron chi connectivity index (χ2n) is 4.89. The number of aromatic nitrogens is 2. The van der Waals surface area contributed by atoms with Gasteiger partial charge in [-0.2, -0.15) is 4.39 Å². The van der Waals surface area contributed by atoms with Crippen LogP contribution in [0.15, 0.2) is 48.7 Å². The van der Waals surface area contributed by atoms with E-state index < -0.39 is 11.9 Å². The number of carbonyl (C=O) groups is 2. The molecule has 2 aromatic heterocycles. The monoisotopic (exact) mass is 312 g/mol. The molecule has 3 aromatic rings. The van der Waals surface area contributed by atoms with Crippen LogP contribution >= 0.6 is 0 Å². The normalized spacial score (nSPS) is 10.5. The van der Waals surface area contributed by atoms with Crippen LogP contribution in [0, 0.1) is 5.95 Å². The molecular formula is C16H13FN4O2. The molecule has 0 aliphatic carbocycles. The number of nitrogens with one attached hydrogen (secondary N) is 2. The van der Waals surface area contributed by atoms with E-state index in [1.807, 2.05) is 0 Å². The summed E-state index contributed by atoms with van der Waals surface area (Å²) in [6, 6.07) is 11.5. The number of carbonyl (C=O) groups excluding carboxylic acids is 2. The summed E-state index contributed by atoms with van der Waals surface area (Å²) in [7, 11) is 0. The lowest BCUT2D eigenvalue weighted by molar-refractivity contribution is -0.114. The molecule has 1 aromatic carbocycles. The van der Waals surface area contributed by atoms with Gasteiger partial charge in [0, 0.05) is 24.5 Å². The maximum atomic E-state index is 14.2. The first-order valence-corrected chi connectivity index (χ1v) is 6.86. The average Bonchev–Trinajstić information content (AvgIpc) is 2.86. The Hall–Kier alpha value is -3.22. The lowest BCUT2D eigenvalue weighted by Crippen LogP contribution is -2.14. The van der Waals surface area contributed by atoms with Gasteiger partial charge in [-0.15, -0.1) is 0 Å². The van der Waals surface area contributed by atoms with Crippen molar-refractivity contribution < 1.29 is 14.0 Å². The number of rotatable bonds is 3. The number of benzene rings is 1. The minimum Gasteiger partial charge on any atom is -0.326 e. The molecule has 2 heterocycles. The second kappa shape index (κ2) is 5.88. The highest BCUT2D eigenvalue weighted by Crippen LogP contribution is 2.16. The van der Waals surface area contributed by atoms with Crippen LogP contribution in [0.4, 0.5) is 15.8 Å². The van der Waals surface area contributed by atoms with Crippen molar-refractivity contribution in [3.63, 3.8) is 0 Å². The van der Waals surface area contributed by atoms with Gasteiger partial charge in [0.05, 0.1) is 0 Å². The van der Waals surface area contributed by atoms with Crippen LogP contribution in [0.25, 0.3) is 5.65 Å². The number of hydrogen-bond donors (Lipinski definition) is 2. The summed E-state index contributed by atoms with van der Waals surface area (Å²) in [5.41, 5.74) is 1.16. The van der Waals surface area contributed by atoms with E-state index in [1.54, 1.807) is 42.5 Å². The van der Waals surface area contributed by atoms with E-state index in [0.29, 0.717) is 17.0 Å². The molecule has 116 valence electrons. The van der Waals surface area contributed by atoms with Gasteiger partial charge in [0.25, 0.3) is 5.91 Å². The van der Waals surface area contributed by atoms with Gasteiger partial charge >= 0.3 is 0 Å². The third-order valence-corrected chi connectivity index (χ3v) is 3.15. The smallest absolute Gasteiger partial charge is 0.279 e. The summed E-state index contributed by atoms with van der Waals surface area (Å²) >= 11 is 0. The summed E-state index contributed by atoms with van der Waals surface area (Å²) in [6.07, 6.45) is 1.50. The van der Waals surface area contributed by atoms with Crippen molar-refractivity contribution >= 4 is 28.8 Å². The molecule has 0 spiro atoms. The molecule has 3 rings (SSSR count). The summed E-state index contributed by atoms with van der Waals surface area (Å²) in [4.78, 5) is 27.1. The van der Waals surface area contributed by atoms with E-state index in [4.69, 9.17) is 0 Å². The molecule has 0 saturated heterocycles. The Morgan fingerprint density at radius 3 is 2.30 bits per heavy atom. The molecule has 0 fully saturated rings. The molecule has 7 heteroatoms. The molecule has 0 aliphatic heterocycles. The van der Waals surface area contributed by atoms with Gasteiger partial charge in [0.15, 0.2) is 5.69 Å². The quantitative estimate of drug-likeness (QED) is 0.781. The molecule has 0 saturated carbocycles. The van der Waals surface area contributed by atoms with Crippen molar-refractivity contribution in [1.29, 1.82) is 0 Å². The van der Waals surface area contributed by atoms with Crippen molar-refractivity contribution in [2.75, 3.05) is 10.6 Å². The van der Waals surface area contributed by atoms with Crippen molar-refractivity contribution in [2.24, 2.45) is 0 Å². The summed E-state index contributed by atoms with van der Waals surface area (Å²) in [5.74, 6) is -1.54. The molecule has 6 nitrogen and oxygen atoms in total. The average molecular weight is 312 g/mol. The number of halogens is 1. The van der Waals surface area contributed by atoms with Crippen LogP contribution < -0.4 is 10.6 Å². The molecule has 0 unspecified atom stereocenters. The second-order valence-corrected chi connectivity index (χ2v) is 4.89. The van der Waals surface area contributed by atoms with Crippen LogP contribution in [-0.2, 0) is 4.79 Å². The van der Waals surface area contributed by atoms with E-state index in [9.17, 15) is 14.0 Å². The fraction of sp³-hybridized carbons (Fsp3) is 0.0625. The van der Waals surface area contributed by atoms with E-state index >= 15 is 0 Å². The predicted molar refractivity (Wildman–Crippen MR) is 83.8 cm³/mol. The van der Waals surface area contributed by atoms with Crippen LogP contribution in [0.3, 0.4) is 0 Å². The Kier molecular flexibility index (Phi) is 3.76. The van der Waals surface area contributed by atoms with Gasteiger partial charge in [-0.3, -0.25) is 14.0 Å². The zero-order chi connectivity index (χ0) is 16.4. The number of nitrogens with zero attached hydrogens (tertiary/aromatic N) is 2. The Balaban J connectivity index is 1.80. The Labute approximate surface area is 131 Å². The summed E-state index contributed by atoms with van der Waals surface area (Å²) in [6.45, 7) is 1.40. The molecular weight excluding hydrogens is 299 g/mol. The molecule has 0 radical (unpaired) electrons. The SMILES string of the molecule is CC(=O)Nc1ccc(NC(=O)c2nc3ccccn3c2F)cc1. The van der Waals surface area contributed by atoms with Gasteiger partial charge in [-0.25, -0.2) is 4.98 Å². The zero-order valence-corrected chi connectivity index (χ0v) is 12.2. The van der Waals surface area contributed by atoms with Crippen molar-refractivity contribution in [1.82, 2.24) is 9.38 Å². The number of pyridine rings is 1. The molecule has 0 bridgehead atoms. The Bertz CT molecular complexity index is 887. The number of amides is 2. The van der Waals surface area contributed by atoms with E-state index in [2.05, 4.69) is 15.6 Å². The van der Waals surface area contributed by atoms with Crippen molar-refractivity contribution in [3.05, 3.63) is 60.3 Å². The summed E-state index contributed by atoms with van der Waals surface area (Å²) in [5, 5.41) is 5.19. The lowest BCUT2D eigenvalue weighted by atomic mass is 10.2. The highest BCUT2D eigenvalue weighted by molar-refractivity contribution is 6.03. The lowest BCUT2D eigenvalue weighted by Gasteiger charge is -2.05. The maximum absolute atomic E-state index is 14.2. The van der Waals surface area contributed by atoms with Crippen LogP contribution in [0.1, 0.15) is 17.4 Å². The van der Waals surface area contributed by atoms with Gasteiger partial charge in [0.2, 0.25) is 11.9 Å². The predicted octanol–water partition coefficient (Wildman–Crippen LogP) is 2.68. The third-order valence-electron chi connectivity index (χ3n) is 3.15. The highest BCUT2D eigenvalue weighted by atomic mass is 19.1. The van der Waals surface area contributed by atoms with Crippen LogP contribution in [0.2, 0.25) is 0 Å². The first kappa shape index (κ1) is 14.7. The Morgan fingerprint density at radius 1 is 1.04 bits per heavy atom. The summed E-state index contributed by atoms with van der Waals surface area (Å²) < 4.78 is 15.4. The maximum Gasteiger partial charge on any atom is 0.279 e. The standard InChI is InChI=1S/C16H13FN4O2/c1-10(22)18-11-5-7-12(8-6-11)19-16(23)14-15(17)21-9-3-2-4-13(21)20-14/h2-9H,1H3,(H,18,22)(H,19,23). The first-order valence-electron chi connectivity index (χ1n) is 6.86. The van der Waals surface area contributed by atoms with Crippen LogP contribution in [0.5, 0.6) is 0 Å². The Morgan fingerprint density at radius 2 is 1.70 bits per heavy atom. The number of anilines is 2. The van der Waals surface area contributed by atoms with Gasteiger partial charge in [0.1, 0.15) is 5.65 Å². The van der Waals surface area contributed by atoms with Crippen LogP contribution in [-0.4, -0.2) is 21.2 Å². The fourth-order valence-corrected chi connectivity index (χ4v) is 2.14. The largest absolute Gasteiger partial charge is 0.326 e. The molecule has 23 heavy (non-hydrogen) atoms. The highest BCUT2D eigenvalue weighted by Gasteiger charge is 2.18. The fourth-order valence-electron chi connectivity index (χ4n) is 2.14. The van der Waals surface area contributed by atoms with Crippen molar-refractivity contribution in [2.45, 2.75) is 6.92 Å². The number of imidazole rings is 1. The van der Waals surface area contributed by atoms with E-state index in [0.717, 1.165) is 0 Å². The number of hydrogen-bond acceptors (Lipinski definition) is 3. The first-order chi connectivity index (χ1) is 11.0.